The second-order valence-corrected chi connectivity index (χ2v) is 6.64. The summed E-state index contributed by atoms with van der Waals surface area (Å²) < 4.78 is 14.3. The van der Waals surface area contributed by atoms with Gasteiger partial charge in [0.1, 0.15) is 16.9 Å². The van der Waals surface area contributed by atoms with Crippen molar-refractivity contribution in [3.8, 4) is 0 Å². The predicted molar refractivity (Wildman–Crippen MR) is 101 cm³/mol. The molecule has 0 unspecified atom stereocenters. The van der Waals surface area contributed by atoms with Crippen LogP contribution in [0.4, 0.5) is 14.9 Å². The van der Waals surface area contributed by atoms with Crippen LogP contribution in [-0.2, 0) is 0 Å². The first kappa shape index (κ1) is 17.4. The van der Waals surface area contributed by atoms with Gasteiger partial charge in [-0.1, -0.05) is 18.2 Å². The highest BCUT2D eigenvalue weighted by Gasteiger charge is 2.26. The Morgan fingerprint density at radius 1 is 1.15 bits per heavy atom. The second kappa shape index (κ2) is 7.71. The summed E-state index contributed by atoms with van der Waals surface area (Å²) >= 11 is 0. The number of urea groups is 1. The minimum Gasteiger partial charge on any atom is -0.336 e. The number of anilines is 1. The summed E-state index contributed by atoms with van der Waals surface area (Å²) in [5.74, 6) is -0.243. The fourth-order valence-electron chi connectivity index (χ4n) is 3.52. The molecule has 8 heteroatoms. The molecule has 0 bridgehead atoms. The molecule has 1 fully saturated rings. The third kappa shape index (κ3) is 3.90. The first-order valence-corrected chi connectivity index (χ1v) is 9.04. The Morgan fingerprint density at radius 2 is 1.93 bits per heavy atom. The Balaban J connectivity index is 1.43. The normalized spacial score (nSPS) is 15.7. The van der Waals surface area contributed by atoms with Crippen molar-refractivity contribution in [1.82, 2.24) is 25.6 Å². The highest BCUT2D eigenvalue weighted by Crippen LogP contribution is 2.26. The molecule has 1 aliphatic heterocycles. The molecule has 2 amide bonds. The maximum atomic E-state index is 14.3. The van der Waals surface area contributed by atoms with Crippen molar-refractivity contribution < 1.29 is 9.18 Å². The Labute approximate surface area is 155 Å². The van der Waals surface area contributed by atoms with Crippen LogP contribution in [0.2, 0.25) is 0 Å². The van der Waals surface area contributed by atoms with E-state index in [2.05, 4.69) is 30.9 Å². The zero-order valence-electron chi connectivity index (χ0n) is 14.8. The van der Waals surface area contributed by atoms with Crippen molar-refractivity contribution >= 4 is 22.8 Å². The van der Waals surface area contributed by atoms with Crippen LogP contribution < -0.4 is 10.6 Å². The van der Waals surface area contributed by atoms with E-state index in [0.29, 0.717) is 23.3 Å². The van der Waals surface area contributed by atoms with Crippen LogP contribution >= 0.6 is 0 Å². The molecular formula is C19H21FN6O. The summed E-state index contributed by atoms with van der Waals surface area (Å²) in [6, 6.07) is 11.5. The van der Waals surface area contributed by atoms with Gasteiger partial charge in [-0.25, -0.2) is 9.18 Å². The number of amides is 2. The van der Waals surface area contributed by atoms with Crippen molar-refractivity contribution in [1.29, 1.82) is 0 Å². The van der Waals surface area contributed by atoms with Crippen LogP contribution in [-0.4, -0.2) is 46.0 Å². The number of aromatic amines is 1. The van der Waals surface area contributed by atoms with E-state index in [0.717, 1.165) is 31.4 Å². The van der Waals surface area contributed by atoms with Gasteiger partial charge in [-0.2, -0.15) is 15.4 Å². The highest BCUT2D eigenvalue weighted by molar-refractivity contribution is 5.91. The van der Waals surface area contributed by atoms with Crippen LogP contribution in [0.25, 0.3) is 11.0 Å². The number of carbonyl (C=O) groups excluding carboxylic acids is 1. The number of carbonyl (C=O) groups is 1. The third-order valence-corrected chi connectivity index (χ3v) is 4.88. The van der Waals surface area contributed by atoms with E-state index in [-0.39, 0.29) is 17.9 Å². The lowest BCUT2D eigenvalue weighted by Gasteiger charge is -2.28. The average Bonchev–Trinajstić information content (AvgIpc) is 3.34. The lowest BCUT2D eigenvalue weighted by molar-refractivity contribution is 0.224. The molecule has 7 nitrogen and oxygen atoms in total. The van der Waals surface area contributed by atoms with Crippen molar-refractivity contribution in [3.05, 3.63) is 53.8 Å². The molecule has 1 aromatic heterocycles. The molecule has 1 atom stereocenters. The monoisotopic (exact) mass is 368 g/mol. The maximum Gasteiger partial charge on any atom is 0.319 e. The van der Waals surface area contributed by atoms with Gasteiger partial charge in [0.05, 0.1) is 6.04 Å². The molecule has 1 aliphatic rings. The number of halogens is 1. The average molecular weight is 368 g/mol. The summed E-state index contributed by atoms with van der Waals surface area (Å²) in [6.07, 6.45) is 2.18. The topological polar surface area (TPSA) is 85.9 Å². The number of fused-ring (bicyclic) bond motifs is 1. The van der Waals surface area contributed by atoms with E-state index in [1.54, 1.807) is 30.3 Å². The molecule has 140 valence electrons. The number of nitrogens with one attached hydrogen (secondary N) is 3. The number of H-pyrrole nitrogens is 1. The van der Waals surface area contributed by atoms with E-state index in [4.69, 9.17) is 0 Å². The minimum absolute atomic E-state index is 0.183. The fraction of sp³-hybridized carbons (Fsp3) is 0.316. The molecule has 3 N–H and O–H groups in total. The summed E-state index contributed by atoms with van der Waals surface area (Å²) in [6.45, 7) is 2.15. The van der Waals surface area contributed by atoms with Gasteiger partial charge >= 0.3 is 6.03 Å². The van der Waals surface area contributed by atoms with Gasteiger partial charge in [0.25, 0.3) is 0 Å². The molecular weight excluding hydrogens is 347 g/mol. The molecule has 2 heterocycles. The number of nitrogens with zero attached hydrogens (tertiary/aromatic N) is 3. The Hall–Kier alpha value is -3.00. The highest BCUT2D eigenvalue weighted by atomic mass is 19.1. The van der Waals surface area contributed by atoms with Gasteiger partial charge in [-0.15, -0.1) is 0 Å². The lowest BCUT2D eigenvalue weighted by atomic mass is 10.0. The van der Waals surface area contributed by atoms with Crippen LogP contribution in [0.5, 0.6) is 0 Å². The molecule has 3 aromatic rings. The van der Waals surface area contributed by atoms with Crippen LogP contribution in [0, 0.1) is 5.82 Å². The van der Waals surface area contributed by atoms with E-state index < -0.39 is 0 Å². The molecule has 2 aromatic carbocycles. The first-order valence-electron chi connectivity index (χ1n) is 9.04. The zero-order chi connectivity index (χ0) is 18.6. The van der Waals surface area contributed by atoms with E-state index >= 15 is 0 Å². The van der Waals surface area contributed by atoms with Crippen molar-refractivity contribution in [3.63, 3.8) is 0 Å². The van der Waals surface area contributed by atoms with Crippen LogP contribution in [0.3, 0.4) is 0 Å². The number of rotatable bonds is 5. The quantitative estimate of drug-likeness (QED) is 0.646. The molecule has 0 spiro atoms. The largest absolute Gasteiger partial charge is 0.336 e. The molecule has 27 heavy (non-hydrogen) atoms. The van der Waals surface area contributed by atoms with Crippen LogP contribution in [0.1, 0.15) is 24.4 Å². The summed E-state index contributed by atoms with van der Waals surface area (Å²) in [4.78, 5) is 14.6. The number of hydrogen-bond acceptors (Lipinski definition) is 4. The third-order valence-electron chi connectivity index (χ3n) is 4.88. The van der Waals surface area contributed by atoms with Gasteiger partial charge in [0.2, 0.25) is 0 Å². The van der Waals surface area contributed by atoms with Gasteiger partial charge in [-0.3, -0.25) is 4.90 Å². The van der Waals surface area contributed by atoms with Crippen LogP contribution in [0.15, 0.2) is 42.5 Å². The van der Waals surface area contributed by atoms with E-state index in [9.17, 15) is 9.18 Å². The second-order valence-electron chi connectivity index (χ2n) is 6.64. The maximum absolute atomic E-state index is 14.3. The smallest absolute Gasteiger partial charge is 0.319 e. The lowest BCUT2D eigenvalue weighted by Crippen LogP contribution is -2.39. The predicted octanol–water partition coefficient (Wildman–Crippen LogP) is 3.06. The summed E-state index contributed by atoms with van der Waals surface area (Å²) in [5, 5.41) is 16.2. The first-order chi connectivity index (χ1) is 13.2. The summed E-state index contributed by atoms with van der Waals surface area (Å²) in [7, 11) is 0. The molecule has 4 rings (SSSR count). The number of hydrogen-bond donors (Lipinski definition) is 3. The standard InChI is InChI=1S/C19H21FN6O/c20-15-6-2-1-5-14(15)18(26-9-3-4-10-26)12-21-19(27)22-13-7-8-16-17(11-13)24-25-23-16/h1-2,5-8,11,18H,3-4,9-10,12H2,(H2,21,22,27)(H,23,24,25)/t18-/m0/s1. The van der Waals surface area contributed by atoms with Crippen molar-refractivity contribution in [2.75, 3.05) is 25.0 Å². The van der Waals surface area contributed by atoms with Crippen molar-refractivity contribution in [2.24, 2.45) is 0 Å². The van der Waals surface area contributed by atoms with E-state index in [1.165, 1.54) is 6.07 Å². The Bertz CT molecular complexity index is 937. The minimum atomic E-state index is -0.335. The van der Waals surface area contributed by atoms with Gasteiger partial charge in [0.15, 0.2) is 0 Å². The van der Waals surface area contributed by atoms with Crippen molar-refractivity contribution in [2.45, 2.75) is 18.9 Å². The molecule has 1 saturated heterocycles. The zero-order valence-corrected chi connectivity index (χ0v) is 14.8. The molecule has 0 radical (unpaired) electrons. The summed E-state index contributed by atoms with van der Waals surface area (Å²) in [5.41, 5.74) is 2.64. The van der Waals surface area contributed by atoms with E-state index in [1.807, 2.05) is 6.07 Å². The van der Waals surface area contributed by atoms with Gasteiger partial charge < -0.3 is 10.6 Å². The molecule has 0 aliphatic carbocycles. The molecule has 0 saturated carbocycles. The van der Waals surface area contributed by atoms with Gasteiger partial charge in [0, 0.05) is 17.8 Å². The van der Waals surface area contributed by atoms with Gasteiger partial charge in [-0.05, 0) is 50.2 Å². The number of likely N-dealkylation sites (tertiary alicyclic amines) is 1. The SMILES string of the molecule is O=C(NC[C@@H](c1ccccc1F)N1CCCC1)Nc1ccc2n[nH]nc2c1. The Kier molecular flexibility index (Phi) is 4.97. The number of aromatic nitrogens is 3. The number of benzene rings is 2. The fourth-order valence-corrected chi connectivity index (χ4v) is 3.52. The Morgan fingerprint density at radius 3 is 2.74 bits per heavy atom.